The first-order chi connectivity index (χ1) is 10.6. The van der Waals surface area contributed by atoms with Gasteiger partial charge in [0.25, 0.3) is 0 Å². The molecule has 0 aliphatic rings. The van der Waals surface area contributed by atoms with E-state index in [4.69, 9.17) is 11.6 Å². The number of para-hydroxylation sites is 2. The van der Waals surface area contributed by atoms with Crippen LogP contribution in [0.5, 0.6) is 0 Å². The molecular weight excluding hydrogens is 298 g/mol. The Hall–Kier alpha value is -2.33. The molecule has 3 rings (SSSR count). The number of rotatable bonds is 4. The number of aromatic nitrogens is 2. The average Bonchev–Trinajstić information content (AvgIpc) is 2.84. The first-order valence-electron chi connectivity index (χ1n) is 7.05. The second-order valence-electron chi connectivity index (χ2n) is 5.12. The van der Waals surface area contributed by atoms with Crippen LogP contribution in [0.1, 0.15) is 11.4 Å². The standard InChI is InChI=1S/C17H16ClN3O/c1-21-15-9-5-4-8-14(15)20-16(21)11-19-17(22)10-12-6-2-3-7-13(12)18/h2-9H,10-11H2,1H3,(H,19,22). The van der Waals surface area contributed by atoms with E-state index in [-0.39, 0.29) is 12.3 Å². The van der Waals surface area contributed by atoms with E-state index in [1.54, 1.807) is 6.07 Å². The predicted molar refractivity (Wildman–Crippen MR) is 87.7 cm³/mol. The topological polar surface area (TPSA) is 46.9 Å². The molecule has 1 heterocycles. The molecule has 0 unspecified atom stereocenters. The van der Waals surface area contributed by atoms with Gasteiger partial charge in [0.2, 0.25) is 5.91 Å². The number of imidazole rings is 1. The SMILES string of the molecule is Cn1c(CNC(=O)Cc2ccccc2Cl)nc2ccccc21. The first-order valence-corrected chi connectivity index (χ1v) is 7.43. The maximum Gasteiger partial charge on any atom is 0.224 e. The number of nitrogens with one attached hydrogen (secondary N) is 1. The highest BCUT2D eigenvalue weighted by molar-refractivity contribution is 6.31. The van der Waals surface area contributed by atoms with E-state index in [1.807, 2.05) is 54.1 Å². The lowest BCUT2D eigenvalue weighted by Gasteiger charge is -2.07. The van der Waals surface area contributed by atoms with E-state index in [0.29, 0.717) is 11.6 Å². The summed E-state index contributed by atoms with van der Waals surface area (Å²) in [5, 5.41) is 3.51. The normalized spacial score (nSPS) is 10.8. The number of hydrogen-bond acceptors (Lipinski definition) is 2. The van der Waals surface area contributed by atoms with Crippen LogP contribution in [0.15, 0.2) is 48.5 Å². The second kappa shape index (κ2) is 6.20. The monoisotopic (exact) mass is 313 g/mol. The van der Waals surface area contributed by atoms with Gasteiger partial charge >= 0.3 is 0 Å². The van der Waals surface area contributed by atoms with Crippen molar-refractivity contribution < 1.29 is 4.79 Å². The molecule has 0 saturated heterocycles. The van der Waals surface area contributed by atoms with Gasteiger partial charge in [0.05, 0.1) is 24.0 Å². The molecule has 5 heteroatoms. The van der Waals surface area contributed by atoms with E-state index >= 15 is 0 Å². The minimum absolute atomic E-state index is 0.0693. The minimum atomic E-state index is -0.0693. The van der Waals surface area contributed by atoms with Crippen LogP contribution >= 0.6 is 11.6 Å². The van der Waals surface area contributed by atoms with Crippen molar-refractivity contribution in [2.45, 2.75) is 13.0 Å². The molecular formula is C17H16ClN3O. The molecule has 1 amide bonds. The quantitative estimate of drug-likeness (QED) is 0.804. The number of benzene rings is 2. The Morgan fingerprint density at radius 3 is 2.68 bits per heavy atom. The van der Waals surface area contributed by atoms with Gasteiger partial charge in [-0.2, -0.15) is 0 Å². The molecule has 4 nitrogen and oxygen atoms in total. The lowest BCUT2D eigenvalue weighted by atomic mass is 10.1. The molecule has 0 bridgehead atoms. The fourth-order valence-electron chi connectivity index (χ4n) is 2.41. The van der Waals surface area contributed by atoms with Gasteiger partial charge in [-0.3, -0.25) is 4.79 Å². The first kappa shape index (κ1) is 14.6. The zero-order chi connectivity index (χ0) is 15.5. The van der Waals surface area contributed by atoms with Gasteiger partial charge in [0.15, 0.2) is 0 Å². The van der Waals surface area contributed by atoms with Gasteiger partial charge in [-0.1, -0.05) is 41.9 Å². The van der Waals surface area contributed by atoms with E-state index < -0.39 is 0 Å². The van der Waals surface area contributed by atoms with Crippen LogP contribution in [-0.4, -0.2) is 15.5 Å². The van der Waals surface area contributed by atoms with Crippen molar-refractivity contribution in [3.05, 3.63) is 64.9 Å². The van der Waals surface area contributed by atoms with Crippen LogP contribution in [0.2, 0.25) is 5.02 Å². The molecule has 0 atom stereocenters. The van der Waals surface area contributed by atoms with Gasteiger partial charge in [-0.05, 0) is 23.8 Å². The summed E-state index contributed by atoms with van der Waals surface area (Å²) in [7, 11) is 1.95. The van der Waals surface area contributed by atoms with Gasteiger partial charge in [-0.25, -0.2) is 4.98 Å². The Morgan fingerprint density at radius 2 is 1.91 bits per heavy atom. The molecule has 0 spiro atoms. The Bertz CT molecular complexity index is 826. The molecule has 112 valence electrons. The van der Waals surface area contributed by atoms with E-state index in [2.05, 4.69) is 10.3 Å². The zero-order valence-corrected chi connectivity index (χ0v) is 13.0. The van der Waals surface area contributed by atoms with Gasteiger partial charge in [0, 0.05) is 12.1 Å². The van der Waals surface area contributed by atoms with Crippen LogP contribution < -0.4 is 5.32 Å². The third-order valence-corrected chi connectivity index (χ3v) is 4.00. The summed E-state index contributed by atoms with van der Waals surface area (Å²) in [5.41, 5.74) is 2.81. The summed E-state index contributed by atoms with van der Waals surface area (Å²) in [4.78, 5) is 16.6. The number of carbonyl (C=O) groups is 1. The summed E-state index contributed by atoms with van der Waals surface area (Å²) in [6, 6.07) is 15.3. The van der Waals surface area contributed by atoms with Gasteiger partial charge < -0.3 is 9.88 Å². The number of nitrogens with zero attached hydrogens (tertiary/aromatic N) is 2. The summed E-state index contributed by atoms with van der Waals surface area (Å²) < 4.78 is 1.99. The molecule has 3 aromatic rings. The molecule has 0 aliphatic carbocycles. The average molecular weight is 314 g/mol. The lowest BCUT2D eigenvalue weighted by molar-refractivity contribution is -0.120. The zero-order valence-electron chi connectivity index (χ0n) is 12.2. The fourth-order valence-corrected chi connectivity index (χ4v) is 2.61. The number of amides is 1. The largest absolute Gasteiger partial charge is 0.349 e. The minimum Gasteiger partial charge on any atom is -0.349 e. The number of fused-ring (bicyclic) bond motifs is 1. The fraction of sp³-hybridized carbons (Fsp3) is 0.176. The smallest absolute Gasteiger partial charge is 0.224 e. The Labute approximate surface area is 133 Å². The Balaban J connectivity index is 1.68. The highest BCUT2D eigenvalue weighted by Gasteiger charge is 2.10. The highest BCUT2D eigenvalue weighted by Crippen LogP contribution is 2.16. The van der Waals surface area contributed by atoms with Gasteiger partial charge in [-0.15, -0.1) is 0 Å². The Kier molecular flexibility index (Phi) is 4.11. The maximum atomic E-state index is 12.1. The molecule has 2 aromatic carbocycles. The van der Waals surface area contributed by atoms with Crippen molar-refractivity contribution in [2.24, 2.45) is 7.05 Å². The van der Waals surface area contributed by atoms with Crippen molar-refractivity contribution in [3.8, 4) is 0 Å². The number of hydrogen-bond donors (Lipinski definition) is 1. The van der Waals surface area contributed by atoms with Crippen LogP contribution in [0.25, 0.3) is 11.0 Å². The maximum absolute atomic E-state index is 12.1. The molecule has 0 saturated carbocycles. The molecule has 0 aliphatic heterocycles. The van der Waals surface area contributed by atoms with Crippen molar-refractivity contribution in [1.29, 1.82) is 0 Å². The second-order valence-corrected chi connectivity index (χ2v) is 5.53. The van der Waals surface area contributed by atoms with Crippen LogP contribution in [-0.2, 0) is 24.8 Å². The molecule has 0 fully saturated rings. The summed E-state index contributed by atoms with van der Waals surface area (Å²) in [6.45, 7) is 0.397. The van der Waals surface area contributed by atoms with E-state index in [0.717, 1.165) is 22.4 Å². The molecule has 1 N–H and O–H groups in total. The van der Waals surface area contributed by atoms with Crippen molar-refractivity contribution in [1.82, 2.24) is 14.9 Å². The number of aryl methyl sites for hydroxylation is 1. The van der Waals surface area contributed by atoms with E-state index in [9.17, 15) is 4.79 Å². The van der Waals surface area contributed by atoms with Gasteiger partial charge in [0.1, 0.15) is 5.82 Å². The van der Waals surface area contributed by atoms with Crippen molar-refractivity contribution >= 4 is 28.5 Å². The van der Waals surface area contributed by atoms with Crippen LogP contribution in [0, 0.1) is 0 Å². The molecule has 22 heavy (non-hydrogen) atoms. The van der Waals surface area contributed by atoms with Crippen LogP contribution in [0.4, 0.5) is 0 Å². The number of halogens is 1. The highest BCUT2D eigenvalue weighted by atomic mass is 35.5. The van der Waals surface area contributed by atoms with Crippen molar-refractivity contribution in [2.75, 3.05) is 0 Å². The van der Waals surface area contributed by atoms with Crippen molar-refractivity contribution in [3.63, 3.8) is 0 Å². The lowest BCUT2D eigenvalue weighted by Crippen LogP contribution is -2.26. The van der Waals surface area contributed by atoms with Crippen LogP contribution in [0.3, 0.4) is 0 Å². The summed E-state index contributed by atoms with van der Waals surface area (Å²) in [6.07, 6.45) is 0.267. The third kappa shape index (κ3) is 2.97. The predicted octanol–water partition coefficient (Wildman–Crippen LogP) is 3.09. The summed E-state index contributed by atoms with van der Waals surface area (Å²) >= 11 is 6.07. The third-order valence-electron chi connectivity index (χ3n) is 3.63. The Morgan fingerprint density at radius 1 is 1.18 bits per heavy atom. The summed E-state index contributed by atoms with van der Waals surface area (Å²) in [5.74, 6) is 0.758. The molecule has 1 aromatic heterocycles. The number of carbonyl (C=O) groups excluding carboxylic acids is 1. The van der Waals surface area contributed by atoms with E-state index in [1.165, 1.54) is 0 Å². The molecule has 0 radical (unpaired) electrons.